The summed E-state index contributed by atoms with van der Waals surface area (Å²) >= 11 is 1.54. The number of benzene rings is 1. The first-order chi connectivity index (χ1) is 9.94. The molecular formula is C15H20N2O2S2. The molecule has 1 aromatic heterocycles. The first kappa shape index (κ1) is 16.0. The SMILES string of the molecule is CCNc1cc(C)c(S(=O)(=O)NCc2cccs2)c(C)c1. The van der Waals surface area contributed by atoms with Crippen LogP contribution in [0.3, 0.4) is 0 Å². The van der Waals surface area contributed by atoms with Gasteiger partial charge in [0.05, 0.1) is 4.90 Å². The predicted molar refractivity (Wildman–Crippen MR) is 88.4 cm³/mol. The Morgan fingerprint density at radius 1 is 1.19 bits per heavy atom. The fourth-order valence-electron chi connectivity index (χ4n) is 2.33. The van der Waals surface area contributed by atoms with E-state index in [1.807, 2.05) is 50.4 Å². The fourth-order valence-corrected chi connectivity index (χ4v) is 4.52. The molecule has 0 radical (unpaired) electrons. The van der Waals surface area contributed by atoms with Gasteiger partial charge < -0.3 is 5.32 Å². The van der Waals surface area contributed by atoms with Gasteiger partial charge in [-0.1, -0.05) is 6.07 Å². The molecule has 0 aliphatic heterocycles. The first-order valence-electron chi connectivity index (χ1n) is 6.81. The Hall–Kier alpha value is -1.37. The number of sulfonamides is 1. The minimum Gasteiger partial charge on any atom is -0.385 e. The quantitative estimate of drug-likeness (QED) is 0.857. The molecule has 0 fully saturated rings. The summed E-state index contributed by atoms with van der Waals surface area (Å²) in [6, 6.07) is 7.57. The normalized spacial score (nSPS) is 11.6. The maximum atomic E-state index is 12.5. The summed E-state index contributed by atoms with van der Waals surface area (Å²) in [6.07, 6.45) is 0. The highest BCUT2D eigenvalue weighted by atomic mass is 32.2. The number of rotatable bonds is 6. The van der Waals surface area contributed by atoms with E-state index >= 15 is 0 Å². The van der Waals surface area contributed by atoms with Gasteiger partial charge in [-0.25, -0.2) is 13.1 Å². The standard InChI is InChI=1S/C15H20N2O2S2/c1-4-16-13-8-11(2)15(12(3)9-13)21(18,19)17-10-14-6-5-7-20-14/h5-9,16-17H,4,10H2,1-3H3. The zero-order valence-corrected chi connectivity index (χ0v) is 14.1. The maximum absolute atomic E-state index is 12.5. The summed E-state index contributed by atoms with van der Waals surface area (Å²) in [4.78, 5) is 1.37. The summed E-state index contributed by atoms with van der Waals surface area (Å²) in [6.45, 7) is 6.80. The van der Waals surface area contributed by atoms with Crippen LogP contribution in [-0.4, -0.2) is 15.0 Å². The number of nitrogens with one attached hydrogen (secondary N) is 2. The molecule has 0 saturated carbocycles. The number of hydrogen-bond donors (Lipinski definition) is 2. The Morgan fingerprint density at radius 2 is 1.86 bits per heavy atom. The summed E-state index contributed by atoms with van der Waals surface area (Å²) in [5, 5.41) is 5.14. The van der Waals surface area contributed by atoms with Crippen LogP contribution in [0.5, 0.6) is 0 Å². The first-order valence-corrected chi connectivity index (χ1v) is 9.17. The van der Waals surface area contributed by atoms with Crippen molar-refractivity contribution in [2.45, 2.75) is 32.2 Å². The minimum atomic E-state index is -3.50. The van der Waals surface area contributed by atoms with Crippen LogP contribution in [0, 0.1) is 13.8 Å². The van der Waals surface area contributed by atoms with Crippen molar-refractivity contribution in [1.82, 2.24) is 4.72 Å². The molecule has 2 rings (SSSR count). The molecule has 4 nitrogen and oxygen atoms in total. The second-order valence-electron chi connectivity index (χ2n) is 4.87. The number of anilines is 1. The van der Waals surface area contributed by atoms with E-state index in [4.69, 9.17) is 0 Å². The third-order valence-corrected chi connectivity index (χ3v) is 5.71. The summed E-state index contributed by atoms with van der Waals surface area (Å²) in [5.74, 6) is 0. The van der Waals surface area contributed by atoms with Gasteiger partial charge in [0, 0.05) is 23.7 Å². The molecule has 0 spiro atoms. The second kappa shape index (κ2) is 6.60. The van der Waals surface area contributed by atoms with E-state index in [2.05, 4.69) is 10.0 Å². The molecule has 1 heterocycles. The topological polar surface area (TPSA) is 58.2 Å². The minimum absolute atomic E-state index is 0.327. The molecule has 2 aromatic rings. The van der Waals surface area contributed by atoms with Crippen molar-refractivity contribution < 1.29 is 8.42 Å². The van der Waals surface area contributed by atoms with E-state index in [1.165, 1.54) is 11.3 Å². The molecule has 0 amide bonds. The lowest BCUT2D eigenvalue weighted by atomic mass is 10.1. The van der Waals surface area contributed by atoms with Crippen LogP contribution in [0.1, 0.15) is 22.9 Å². The summed E-state index contributed by atoms with van der Waals surface area (Å²) in [5.41, 5.74) is 2.46. The lowest BCUT2D eigenvalue weighted by molar-refractivity contribution is 0.580. The van der Waals surface area contributed by atoms with E-state index in [1.54, 1.807) is 0 Å². The van der Waals surface area contributed by atoms with Crippen molar-refractivity contribution in [1.29, 1.82) is 0 Å². The van der Waals surface area contributed by atoms with Crippen LogP contribution in [0.25, 0.3) is 0 Å². The lowest BCUT2D eigenvalue weighted by Crippen LogP contribution is -2.24. The Kier molecular flexibility index (Phi) is 5.03. The average molecular weight is 324 g/mol. The molecule has 6 heteroatoms. The molecule has 0 aliphatic carbocycles. The van der Waals surface area contributed by atoms with Crippen LogP contribution < -0.4 is 10.0 Å². The third kappa shape index (κ3) is 3.84. The molecule has 0 saturated heterocycles. The molecule has 0 unspecified atom stereocenters. The van der Waals surface area contributed by atoms with E-state index in [0.29, 0.717) is 11.4 Å². The van der Waals surface area contributed by atoms with E-state index < -0.39 is 10.0 Å². The van der Waals surface area contributed by atoms with Crippen molar-refractivity contribution in [2.75, 3.05) is 11.9 Å². The number of thiophene rings is 1. The van der Waals surface area contributed by atoms with Crippen LogP contribution in [0.2, 0.25) is 0 Å². The fraction of sp³-hybridized carbons (Fsp3) is 0.333. The highest BCUT2D eigenvalue weighted by molar-refractivity contribution is 7.89. The monoisotopic (exact) mass is 324 g/mol. The molecular weight excluding hydrogens is 304 g/mol. The van der Waals surface area contributed by atoms with Crippen LogP contribution in [-0.2, 0) is 16.6 Å². The van der Waals surface area contributed by atoms with Gasteiger partial charge in [0.15, 0.2) is 0 Å². The number of hydrogen-bond acceptors (Lipinski definition) is 4. The van der Waals surface area contributed by atoms with E-state index in [9.17, 15) is 8.42 Å². The smallest absolute Gasteiger partial charge is 0.241 e. The van der Waals surface area contributed by atoms with Crippen molar-refractivity contribution in [3.05, 3.63) is 45.6 Å². The van der Waals surface area contributed by atoms with Crippen molar-refractivity contribution in [3.8, 4) is 0 Å². The molecule has 0 atom stereocenters. The van der Waals surface area contributed by atoms with Crippen LogP contribution in [0.4, 0.5) is 5.69 Å². The number of aryl methyl sites for hydroxylation is 2. The highest BCUT2D eigenvalue weighted by Crippen LogP contribution is 2.24. The maximum Gasteiger partial charge on any atom is 0.241 e. The van der Waals surface area contributed by atoms with E-state index in [-0.39, 0.29) is 0 Å². The highest BCUT2D eigenvalue weighted by Gasteiger charge is 2.20. The Bertz CT molecular complexity index is 684. The molecule has 0 aliphatic rings. The van der Waals surface area contributed by atoms with Gasteiger partial charge in [0.1, 0.15) is 0 Å². The van der Waals surface area contributed by atoms with Gasteiger partial charge >= 0.3 is 0 Å². The predicted octanol–water partition coefficient (Wildman–Crippen LogP) is 3.28. The lowest BCUT2D eigenvalue weighted by Gasteiger charge is -2.14. The van der Waals surface area contributed by atoms with Gasteiger partial charge in [-0.05, 0) is 55.5 Å². The largest absolute Gasteiger partial charge is 0.385 e. The van der Waals surface area contributed by atoms with Gasteiger partial charge in [-0.3, -0.25) is 0 Å². The van der Waals surface area contributed by atoms with Crippen LogP contribution >= 0.6 is 11.3 Å². The summed E-state index contributed by atoms with van der Waals surface area (Å²) in [7, 11) is -3.50. The molecule has 0 bridgehead atoms. The Labute approximate surface area is 130 Å². The van der Waals surface area contributed by atoms with Gasteiger partial charge in [-0.15, -0.1) is 11.3 Å². The van der Waals surface area contributed by atoms with Gasteiger partial charge in [0.25, 0.3) is 0 Å². The summed E-state index contributed by atoms with van der Waals surface area (Å²) < 4.78 is 27.7. The second-order valence-corrected chi connectivity index (χ2v) is 7.61. The Morgan fingerprint density at radius 3 is 2.38 bits per heavy atom. The van der Waals surface area contributed by atoms with Gasteiger partial charge in [-0.2, -0.15) is 0 Å². The zero-order valence-electron chi connectivity index (χ0n) is 12.4. The van der Waals surface area contributed by atoms with Gasteiger partial charge in [0.2, 0.25) is 10.0 Å². The average Bonchev–Trinajstić information content (AvgIpc) is 2.88. The van der Waals surface area contributed by atoms with E-state index in [0.717, 1.165) is 28.2 Å². The molecule has 21 heavy (non-hydrogen) atoms. The molecule has 114 valence electrons. The van der Waals surface area contributed by atoms with Crippen LogP contribution in [0.15, 0.2) is 34.5 Å². The van der Waals surface area contributed by atoms with Crippen molar-refractivity contribution >= 4 is 27.0 Å². The zero-order chi connectivity index (χ0) is 15.5. The molecule has 2 N–H and O–H groups in total. The Balaban J connectivity index is 2.27. The molecule has 1 aromatic carbocycles. The van der Waals surface area contributed by atoms with Crippen molar-refractivity contribution in [3.63, 3.8) is 0 Å². The third-order valence-electron chi connectivity index (χ3n) is 3.13. The van der Waals surface area contributed by atoms with Crippen molar-refractivity contribution in [2.24, 2.45) is 0 Å².